The number of hydrogen-bond acceptors (Lipinski definition) is 6. The molecule has 3 aliphatic rings. The fourth-order valence-electron chi connectivity index (χ4n) is 4.52. The van der Waals surface area contributed by atoms with Gasteiger partial charge >= 0.3 is 6.03 Å². The number of carbonyl (C=O) groups excluding carboxylic acids is 1. The van der Waals surface area contributed by atoms with Gasteiger partial charge in [-0.1, -0.05) is 0 Å². The molecule has 2 aliphatic heterocycles. The maximum Gasteiger partial charge on any atom is 0.319 e. The van der Waals surface area contributed by atoms with Crippen LogP contribution in [0.3, 0.4) is 0 Å². The maximum absolute atomic E-state index is 12.0. The summed E-state index contributed by atoms with van der Waals surface area (Å²) in [6.45, 7) is 11.2. The molecule has 0 radical (unpaired) electrons. The summed E-state index contributed by atoms with van der Waals surface area (Å²) in [5, 5.41) is 6.19. The topological polar surface area (TPSA) is 79.4 Å². The normalized spacial score (nSPS) is 24.2. The molecule has 0 spiro atoms. The monoisotopic (exact) mass is 453 g/mol. The van der Waals surface area contributed by atoms with Crippen molar-refractivity contribution in [2.24, 2.45) is 0 Å². The van der Waals surface area contributed by atoms with E-state index in [1.807, 2.05) is 36.0 Å². The first-order chi connectivity index (χ1) is 15.3. The molecule has 1 saturated heterocycles. The van der Waals surface area contributed by atoms with Crippen molar-refractivity contribution >= 4 is 29.3 Å². The van der Waals surface area contributed by atoms with Crippen LogP contribution in [-0.2, 0) is 9.48 Å². The summed E-state index contributed by atoms with van der Waals surface area (Å²) in [6.07, 6.45) is 2.14. The van der Waals surface area contributed by atoms with Gasteiger partial charge in [0, 0.05) is 34.7 Å². The number of rotatable bonds is 4. The van der Waals surface area contributed by atoms with E-state index in [9.17, 15) is 4.79 Å². The summed E-state index contributed by atoms with van der Waals surface area (Å²) in [4.78, 5) is 24.6. The van der Waals surface area contributed by atoms with Gasteiger partial charge in [0.25, 0.3) is 0 Å². The molecule has 7 nitrogen and oxygen atoms in total. The minimum Gasteiger partial charge on any atom is -0.377 e. The van der Waals surface area contributed by atoms with E-state index in [1.165, 1.54) is 5.56 Å². The van der Waals surface area contributed by atoms with Crippen molar-refractivity contribution in [1.82, 2.24) is 15.3 Å². The van der Waals surface area contributed by atoms with E-state index in [-0.39, 0.29) is 16.8 Å². The van der Waals surface area contributed by atoms with Gasteiger partial charge in [-0.2, -0.15) is 0 Å². The van der Waals surface area contributed by atoms with E-state index in [2.05, 4.69) is 43.2 Å². The predicted octanol–water partition coefficient (Wildman–Crippen LogP) is 4.70. The number of hydrogen-bond donors (Lipinski definition) is 2. The minimum atomic E-state index is -0.148. The Morgan fingerprint density at radius 2 is 1.94 bits per heavy atom. The molecule has 8 heteroatoms. The highest BCUT2D eigenvalue weighted by Crippen LogP contribution is 2.56. The van der Waals surface area contributed by atoms with E-state index in [0.717, 1.165) is 48.0 Å². The summed E-state index contributed by atoms with van der Waals surface area (Å²) in [5.41, 5.74) is 4.09. The van der Waals surface area contributed by atoms with E-state index < -0.39 is 0 Å². The third kappa shape index (κ3) is 4.18. The quantitative estimate of drug-likeness (QED) is 0.699. The molecule has 3 heterocycles. The molecule has 1 aliphatic carbocycles. The molecule has 2 N–H and O–H groups in total. The summed E-state index contributed by atoms with van der Waals surface area (Å²) >= 11 is 1.94. The standard InChI is InChI=1S/C24H31N5O2S/c1-14-13-31-12-11-29(14)22-19-15(2)32-24(3,4)20(19)27-21(28-22)16-5-7-17(8-6-16)25-23(30)26-18-9-10-18/h5-8,14-15,18H,9-13H2,1-4H3,(H2,25,26,30). The van der Waals surface area contributed by atoms with Gasteiger partial charge in [0.05, 0.1) is 29.7 Å². The molecule has 2 atom stereocenters. The van der Waals surface area contributed by atoms with Crippen LogP contribution in [0.25, 0.3) is 11.4 Å². The van der Waals surface area contributed by atoms with Gasteiger partial charge in [-0.25, -0.2) is 14.8 Å². The Balaban J connectivity index is 1.48. The zero-order valence-corrected chi connectivity index (χ0v) is 20.0. The number of ether oxygens (including phenoxy) is 1. The van der Waals surface area contributed by atoms with E-state index in [1.54, 1.807) is 0 Å². The van der Waals surface area contributed by atoms with Crippen LogP contribution in [0.5, 0.6) is 0 Å². The number of carbonyl (C=O) groups is 1. The summed E-state index contributed by atoms with van der Waals surface area (Å²) < 4.78 is 5.61. The first kappa shape index (κ1) is 21.5. The second kappa shape index (κ2) is 8.23. The molecule has 1 aromatic heterocycles. The zero-order valence-electron chi connectivity index (χ0n) is 19.1. The van der Waals surface area contributed by atoms with Crippen molar-refractivity contribution in [3.8, 4) is 11.4 Å². The van der Waals surface area contributed by atoms with Gasteiger partial charge in [-0.05, 0) is 64.8 Å². The largest absolute Gasteiger partial charge is 0.377 e. The molecule has 0 bridgehead atoms. The molecule has 170 valence electrons. The zero-order chi connectivity index (χ0) is 22.5. The highest BCUT2D eigenvalue weighted by molar-refractivity contribution is 8.00. The van der Waals surface area contributed by atoms with Crippen molar-refractivity contribution in [3.63, 3.8) is 0 Å². The molecule has 2 aromatic rings. The number of aromatic nitrogens is 2. The van der Waals surface area contributed by atoms with E-state index >= 15 is 0 Å². The second-order valence-corrected chi connectivity index (χ2v) is 11.4. The Kier molecular flexibility index (Phi) is 5.53. The van der Waals surface area contributed by atoms with Crippen LogP contribution in [0.4, 0.5) is 16.3 Å². The van der Waals surface area contributed by atoms with Gasteiger partial charge < -0.3 is 20.3 Å². The number of anilines is 2. The van der Waals surface area contributed by atoms with Crippen LogP contribution in [-0.4, -0.2) is 47.8 Å². The van der Waals surface area contributed by atoms with Crippen LogP contribution in [0.15, 0.2) is 24.3 Å². The molecular formula is C24H31N5O2S. The van der Waals surface area contributed by atoms with Crippen molar-refractivity contribution in [1.29, 1.82) is 0 Å². The SMILES string of the molecule is CC1SC(C)(C)c2nc(-c3ccc(NC(=O)NC4CC4)cc3)nc(N3CCOCC3C)c21. The summed E-state index contributed by atoms with van der Waals surface area (Å²) in [7, 11) is 0. The lowest BCUT2D eigenvalue weighted by Gasteiger charge is -2.36. The van der Waals surface area contributed by atoms with Crippen LogP contribution in [0.1, 0.15) is 57.0 Å². The first-order valence-electron chi connectivity index (χ1n) is 11.4. The van der Waals surface area contributed by atoms with E-state index in [0.29, 0.717) is 24.5 Å². The summed E-state index contributed by atoms with van der Waals surface area (Å²) in [6, 6.07) is 8.26. The summed E-state index contributed by atoms with van der Waals surface area (Å²) in [5.74, 6) is 1.77. The fraction of sp³-hybridized carbons (Fsp3) is 0.542. The number of morpholine rings is 1. The van der Waals surface area contributed by atoms with Crippen molar-refractivity contribution < 1.29 is 9.53 Å². The van der Waals surface area contributed by atoms with Crippen LogP contribution in [0, 0.1) is 0 Å². The van der Waals surface area contributed by atoms with Crippen LogP contribution in [0.2, 0.25) is 0 Å². The lowest BCUT2D eigenvalue weighted by molar-refractivity contribution is 0.0984. The number of nitrogens with one attached hydrogen (secondary N) is 2. The maximum atomic E-state index is 12.0. The highest BCUT2D eigenvalue weighted by atomic mass is 32.2. The number of benzene rings is 1. The lowest BCUT2D eigenvalue weighted by Crippen LogP contribution is -2.44. The molecule has 2 unspecified atom stereocenters. The Morgan fingerprint density at radius 1 is 1.19 bits per heavy atom. The molecular weight excluding hydrogens is 422 g/mol. The minimum absolute atomic E-state index is 0.0703. The molecule has 32 heavy (non-hydrogen) atoms. The average molecular weight is 454 g/mol. The Bertz CT molecular complexity index is 1020. The van der Waals surface area contributed by atoms with Crippen LogP contribution >= 0.6 is 11.8 Å². The molecule has 2 fully saturated rings. The van der Waals surface area contributed by atoms with Crippen LogP contribution < -0.4 is 15.5 Å². The molecule has 2 amide bonds. The van der Waals surface area contributed by atoms with Crippen molar-refractivity contribution in [2.75, 3.05) is 30.0 Å². The highest BCUT2D eigenvalue weighted by Gasteiger charge is 2.41. The van der Waals surface area contributed by atoms with E-state index in [4.69, 9.17) is 14.7 Å². The molecule has 1 aromatic carbocycles. The number of urea groups is 1. The number of thioether (sulfide) groups is 1. The molecule has 5 rings (SSSR count). The number of fused-ring (bicyclic) bond motifs is 1. The third-order valence-corrected chi connectivity index (χ3v) is 7.70. The number of amides is 2. The predicted molar refractivity (Wildman–Crippen MR) is 129 cm³/mol. The van der Waals surface area contributed by atoms with Gasteiger partial charge in [-0.15, -0.1) is 11.8 Å². The Hall–Kier alpha value is -2.32. The lowest BCUT2D eigenvalue weighted by atomic mass is 10.0. The third-order valence-electron chi connectivity index (χ3n) is 6.33. The first-order valence-corrected chi connectivity index (χ1v) is 12.3. The Labute approximate surface area is 193 Å². The molecule has 1 saturated carbocycles. The van der Waals surface area contributed by atoms with Gasteiger partial charge in [0.1, 0.15) is 5.82 Å². The van der Waals surface area contributed by atoms with Gasteiger partial charge in [0.15, 0.2) is 5.82 Å². The van der Waals surface area contributed by atoms with Crippen molar-refractivity contribution in [2.45, 2.75) is 62.6 Å². The van der Waals surface area contributed by atoms with Gasteiger partial charge in [0.2, 0.25) is 0 Å². The number of nitrogens with zero attached hydrogens (tertiary/aromatic N) is 3. The Morgan fingerprint density at radius 3 is 2.62 bits per heavy atom. The van der Waals surface area contributed by atoms with Crippen molar-refractivity contribution in [3.05, 3.63) is 35.5 Å². The average Bonchev–Trinajstić information content (AvgIpc) is 3.53. The van der Waals surface area contributed by atoms with Gasteiger partial charge in [-0.3, -0.25) is 0 Å². The smallest absolute Gasteiger partial charge is 0.319 e. The fourth-order valence-corrected chi connectivity index (χ4v) is 6.01. The second-order valence-electron chi connectivity index (χ2n) is 9.47.